The zero-order valence-corrected chi connectivity index (χ0v) is 14.1. The number of anilines is 1. The van der Waals surface area contributed by atoms with E-state index in [2.05, 4.69) is 15.6 Å². The molecular formula is C17H19N5O3. The molecule has 0 radical (unpaired) electrons. The number of rotatable bonds is 2. The number of furan rings is 1. The lowest BCUT2D eigenvalue weighted by atomic mass is 10.1. The average molecular weight is 341 g/mol. The van der Waals surface area contributed by atoms with Crippen LogP contribution >= 0.6 is 0 Å². The van der Waals surface area contributed by atoms with Gasteiger partial charge in [0.05, 0.1) is 25.4 Å². The van der Waals surface area contributed by atoms with Crippen molar-refractivity contribution in [2.45, 2.75) is 33.5 Å². The number of hydrogen-bond donors (Lipinski definition) is 2. The third-order valence-corrected chi connectivity index (χ3v) is 4.70. The molecule has 3 heterocycles. The molecule has 0 saturated heterocycles. The van der Waals surface area contributed by atoms with Gasteiger partial charge >= 0.3 is 6.03 Å². The Labute approximate surface area is 144 Å². The van der Waals surface area contributed by atoms with Crippen molar-refractivity contribution >= 4 is 22.7 Å². The summed E-state index contributed by atoms with van der Waals surface area (Å²) in [5.41, 5.74) is 3.91. The van der Waals surface area contributed by atoms with Gasteiger partial charge in [0, 0.05) is 17.6 Å². The van der Waals surface area contributed by atoms with Gasteiger partial charge in [-0.05, 0) is 37.6 Å². The van der Waals surface area contributed by atoms with E-state index in [-0.39, 0.29) is 12.6 Å². The number of aryl methyl sites for hydroxylation is 2. The van der Waals surface area contributed by atoms with Crippen LogP contribution in [0.3, 0.4) is 0 Å². The van der Waals surface area contributed by atoms with Crippen molar-refractivity contribution in [3.8, 4) is 0 Å². The van der Waals surface area contributed by atoms with Crippen LogP contribution < -0.4 is 5.32 Å². The van der Waals surface area contributed by atoms with Crippen LogP contribution in [-0.4, -0.2) is 37.6 Å². The maximum atomic E-state index is 12.6. The molecule has 8 nitrogen and oxygen atoms in total. The Bertz CT molecular complexity index is 945. The first-order valence-electron chi connectivity index (χ1n) is 8.14. The number of carbonyl (C=O) groups excluding carboxylic acids is 1. The molecule has 1 aliphatic heterocycles. The Balaban J connectivity index is 1.53. The zero-order valence-electron chi connectivity index (χ0n) is 14.1. The molecule has 0 saturated carbocycles. The van der Waals surface area contributed by atoms with Crippen molar-refractivity contribution in [3.05, 3.63) is 40.9 Å². The van der Waals surface area contributed by atoms with Gasteiger partial charge in [-0.2, -0.15) is 0 Å². The number of benzene rings is 1. The second-order valence-corrected chi connectivity index (χ2v) is 6.21. The lowest BCUT2D eigenvalue weighted by Crippen LogP contribution is -2.41. The smallest absolute Gasteiger partial charge is 0.322 e. The Hall–Kier alpha value is -2.87. The maximum absolute atomic E-state index is 12.6. The fourth-order valence-corrected chi connectivity index (χ4v) is 3.12. The zero-order chi connectivity index (χ0) is 17.6. The SMILES string of the molecule is Cc1oc2ccc(NC(=O)N3CCn4nnc(CO)c4C3)cc2c1C. The van der Waals surface area contributed by atoms with Gasteiger partial charge < -0.3 is 19.7 Å². The van der Waals surface area contributed by atoms with Gasteiger partial charge in [-0.1, -0.05) is 5.21 Å². The van der Waals surface area contributed by atoms with E-state index in [1.54, 1.807) is 9.58 Å². The summed E-state index contributed by atoms with van der Waals surface area (Å²) >= 11 is 0. The Morgan fingerprint density at radius 2 is 2.20 bits per heavy atom. The Morgan fingerprint density at radius 1 is 1.36 bits per heavy atom. The first-order chi connectivity index (χ1) is 12.1. The lowest BCUT2D eigenvalue weighted by molar-refractivity contribution is 0.193. The molecular weight excluding hydrogens is 322 g/mol. The minimum absolute atomic E-state index is 0.180. The van der Waals surface area contributed by atoms with Crippen LogP contribution in [0.5, 0.6) is 0 Å². The van der Waals surface area contributed by atoms with Crippen LogP contribution in [0.25, 0.3) is 11.0 Å². The fraction of sp³-hybridized carbons (Fsp3) is 0.353. The van der Waals surface area contributed by atoms with Crippen LogP contribution in [0.2, 0.25) is 0 Å². The summed E-state index contributed by atoms with van der Waals surface area (Å²) in [4.78, 5) is 14.3. The largest absolute Gasteiger partial charge is 0.461 e. The minimum atomic E-state index is -0.187. The van der Waals surface area contributed by atoms with Gasteiger partial charge in [-0.15, -0.1) is 5.10 Å². The van der Waals surface area contributed by atoms with Crippen molar-refractivity contribution in [2.24, 2.45) is 0 Å². The number of aliphatic hydroxyl groups excluding tert-OH is 1. The molecule has 25 heavy (non-hydrogen) atoms. The molecule has 0 unspecified atom stereocenters. The topological polar surface area (TPSA) is 96.4 Å². The highest BCUT2D eigenvalue weighted by atomic mass is 16.3. The summed E-state index contributed by atoms with van der Waals surface area (Å²) in [6.45, 7) is 5.23. The third-order valence-electron chi connectivity index (χ3n) is 4.70. The molecule has 1 aromatic carbocycles. The van der Waals surface area contributed by atoms with E-state index in [1.165, 1.54) is 0 Å². The summed E-state index contributed by atoms with van der Waals surface area (Å²) in [6, 6.07) is 5.43. The lowest BCUT2D eigenvalue weighted by Gasteiger charge is -2.27. The molecule has 130 valence electrons. The third kappa shape index (κ3) is 2.64. The normalized spacial score (nSPS) is 14.0. The van der Waals surface area contributed by atoms with E-state index in [0.717, 1.165) is 33.7 Å². The highest BCUT2D eigenvalue weighted by Crippen LogP contribution is 2.27. The van der Waals surface area contributed by atoms with Crippen molar-refractivity contribution in [2.75, 3.05) is 11.9 Å². The number of aromatic nitrogens is 3. The van der Waals surface area contributed by atoms with E-state index in [9.17, 15) is 9.90 Å². The van der Waals surface area contributed by atoms with Crippen LogP contribution in [0, 0.1) is 13.8 Å². The molecule has 2 N–H and O–H groups in total. The van der Waals surface area contributed by atoms with Gasteiger partial charge in [0.15, 0.2) is 0 Å². The summed E-state index contributed by atoms with van der Waals surface area (Å²) in [7, 11) is 0. The fourth-order valence-electron chi connectivity index (χ4n) is 3.12. The van der Waals surface area contributed by atoms with Crippen LogP contribution in [0.15, 0.2) is 22.6 Å². The molecule has 2 aromatic heterocycles. The molecule has 1 aliphatic rings. The van der Waals surface area contributed by atoms with E-state index < -0.39 is 0 Å². The number of nitrogens with one attached hydrogen (secondary N) is 1. The van der Waals surface area contributed by atoms with E-state index in [4.69, 9.17) is 4.42 Å². The van der Waals surface area contributed by atoms with Gasteiger partial charge in [0.25, 0.3) is 0 Å². The first kappa shape index (κ1) is 15.6. The number of urea groups is 1. The molecule has 0 bridgehead atoms. The molecule has 8 heteroatoms. The minimum Gasteiger partial charge on any atom is -0.461 e. The van der Waals surface area contributed by atoms with Crippen LogP contribution in [0.4, 0.5) is 10.5 Å². The average Bonchev–Trinajstić information content (AvgIpc) is 3.15. The second-order valence-electron chi connectivity index (χ2n) is 6.21. The van der Waals surface area contributed by atoms with Gasteiger partial charge in [0.2, 0.25) is 0 Å². The molecule has 2 amide bonds. The quantitative estimate of drug-likeness (QED) is 0.745. The summed E-state index contributed by atoms with van der Waals surface area (Å²) in [5, 5.41) is 21.2. The van der Waals surface area contributed by atoms with Crippen LogP contribution in [0.1, 0.15) is 22.7 Å². The number of hydrogen-bond acceptors (Lipinski definition) is 5. The van der Waals surface area contributed by atoms with Gasteiger partial charge in [-0.25, -0.2) is 9.48 Å². The number of nitrogens with zero attached hydrogens (tertiary/aromatic N) is 4. The number of aliphatic hydroxyl groups is 1. The number of carbonyl (C=O) groups is 1. The molecule has 4 rings (SSSR count). The van der Waals surface area contributed by atoms with Gasteiger partial charge in [-0.3, -0.25) is 0 Å². The van der Waals surface area contributed by atoms with Gasteiger partial charge in [0.1, 0.15) is 17.0 Å². The summed E-state index contributed by atoms with van der Waals surface area (Å²) < 4.78 is 7.40. The first-order valence-corrected chi connectivity index (χ1v) is 8.14. The number of fused-ring (bicyclic) bond motifs is 2. The van der Waals surface area contributed by atoms with E-state index in [0.29, 0.717) is 25.3 Å². The standard InChI is InChI=1S/C17H19N5O3/c1-10-11(2)25-16-4-3-12(7-13(10)16)18-17(24)21-5-6-22-15(8-21)14(9-23)19-20-22/h3-4,7,23H,5-6,8-9H2,1-2H3,(H,18,24). The molecule has 0 fully saturated rings. The highest BCUT2D eigenvalue weighted by Gasteiger charge is 2.24. The van der Waals surface area contributed by atoms with Crippen molar-refractivity contribution in [3.63, 3.8) is 0 Å². The van der Waals surface area contributed by atoms with E-state index in [1.807, 2.05) is 32.0 Å². The predicted molar refractivity (Wildman–Crippen MR) is 91.1 cm³/mol. The summed E-state index contributed by atoms with van der Waals surface area (Å²) in [6.07, 6.45) is 0. The van der Waals surface area contributed by atoms with E-state index >= 15 is 0 Å². The maximum Gasteiger partial charge on any atom is 0.322 e. The Morgan fingerprint density at radius 3 is 3.00 bits per heavy atom. The molecule has 0 spiro atoms. The molecule has 0 atom stereocenters. The number of amides is 2. The second kappa shape index (κ2) is 5.89. The van der Waals surface area contributed by atoms with Crippen molar-refractivity contribution in [1.29, 1.82) is 0 Å². The predicted octanol–water partition coefficient (Wildman–Crippen LogP) is 2.18. The molecule has 0 aliphatic carbocycles. The summed E-state index contributed by atoms with van der Waals surface area (Å²) in [5.74, 6) is 0.881. The monoisotopic (exact) mass is 341 g/mol. The van der Waals surface area contributed by atoms with Crippen molar-refractivity contribution < 1.29 is 14.3 Å². The molecule has 3 aromatic rings. The Kier molecular flexibility index (Phi) is 3.69. The van der Waals surface area contributed by atoms with Crippen molar-refractivity contribution in [1.82, 2.24) is 19.9 Å². The highest BCUT2D eigenvalue weighted by molar-refractivity contribution is 5.93. The van der Waals surface area contributed by atoms with Crippen LogP contribution in [-0.2, 0) is 19.7 Å².